The van der Waals surface area contributed by atoms with Crippen molar-refractivity contribution in [2.75, 3.05) is 5.33 Å². The monoisotopic (exact) mass is 226 g/mol. The average Bonchev–Trinajstić information content (AvgIpc) is 2.62. The molecule has 3 heteroatoms. The molecule has 0 radical (unpaired) electrons. The van der Waals surface area contributed by atoms with E-state index in [2.05, 4.69) is 32.7 Å². The number of allylic oxidation sites excluding steroid dienone is 1. The predicted octanol–water partition coefficient (Wildman–Crippen LogP) is 2.31. The SMILES string of the molecule is C=C(CBr)c1n[nH]c2c1CCC2. The Labute approximate surface area is 80.2 Å². The summed E-state index contributed by atoms with van der Waals surface area (Å²) < 4.78 is 0. The standard InChI is InChI=1S/C9H11BrN2/c1-6(5-10)9-7-3-2-4-8(7)11-12-9/h1-5H2,(H,11,12). The first-order valence-electron chi connectivity index (χ1n) is 4.13. The van der Waals surface area contributed by atoms with E-state index in [1.807, 2.05) is 0 Å². The molecule has 64 valence electrons. The van der Waals surface area contributed by atoms with Gasteiger partial charge in [-0.15, -0.1) is 0 Å². The van der Waals surface area contributed by atoms with Gasteiger partial charge < -0.3 is 0 Å². The van der Waals surface area contributed by atoms with Crippen molar-refractivity contribution in [1.82, 2.24) is 10.2 Å². The second kappa shape index (κ2) is 3.05. The fraction of sp³-hybridized carbons (Fsp3) is 0.444. The van der Waals surface area contributed by atoms with E-state index in [0.29, 0.717) is 0 Å². The van der Waals surface area contributed by atoms with E-state index in [0.717, 1.165) is 29.4 Å². The van der Waals surface area contributed by atoms with Gasteiger partial charge in [0.1, 0.15) is 0 Å². The maximum atomic E-state index is 4.25. The molecule has 1 aliphatic carbocycles. The summed E-state index contributed by atoms with van der Waals surface area (Å²) in [5.41, 5.74) is 4.86. The molecule has 2 nitrogen and oxygen atoms in total. The van der Waals surface area contributed by atoms with Crippen molar-refractivity contribution in [3.8, 4) is 0 Å². The van der Waals surface area contributed by atoms with Crippen LogP contribution in [0.2, 0.25) is 0 Å². The minimum Gasteiger partial charge on any atom is -0.282 e. The third-order valence-electron chi connectivity index (χ3n) is 2.30. The van der Waals surface area contributed by atoms with Crippen molar-refractivity contribution in [3.63, 3.8) is 0 Å². The van der Waals surface area contributed by atoms with Crippen molar-refractivity contribution in [2.45, 2.75) is 19.3 Å². The van der Waals surface area contributed by atoms with Crippen LogP contribution in [0.4, 0.5) is 0 Å². The first kappa shape index (κ1) is 8.05. The van der Waals surface area contributed by atoms with Gasteiger partial charge in [0.2, 0.25) is 0 Å². The number of alkyl halides is 1. The van der Waals surface area contributed by atoms with Crippen LogP contribution in [0.5, 0.6) is 0 Å². The second-order valence-electron chi connectivity index (χ2n) is 3.12. The molecule has 0 saturated carbocycles. The summed E-state index contributed by atoms with van der Waals surface area (Å²) in [7, 11) is 0. The number of aryl methyl sites for hydroxylation is 1. The zero-order valence-electron chi connectivity index (χ0n) is 6.86. The van der Waals surface area contributed by atoms with Crippen LogP contribution in [0.3, 0.4) is 0 Å². The highest BCUT2D eigenvalue weighted by Crippen LogP contribution is 2.27. The van der Waals surface area contributed by atoms with E-state index in [1.54, 1.807) is 0 Å². The number of aromatic amines is 1. The number of aromatic nitrogens is 2. The van der Waals surface area contributed by atoms with Crippen molar-refractivity contribution in [3.05, 3.63) is 23.5 Å². The van der Waals surface area contributed by atoms with Crippen LogP contribution in [0.1, 0.15) is 23.4 Å². The van der Waals surface area contributed by atoms with E-state index in [1.165, 1.54) is 17.7 Å². The van der Waals surface area contributed by atoms with Crippen LogP contribution < -0.4 is 0 Å². The maximum absolute atomic E-state index is 4.25. The van der Waals surface area contributed by atoms with E-state index in [-0.39, 0.29) is 0 Å². The predicted molar refractivity (Wildman–Crippen MR) is 53.4 cm³/mol. The summed E-state index contributed by atoms with van der Waals surface area (Å²) in [6.07, 6.45) is 3.57. The molecule has 0 amide bonds. The summed E-state index contributed by atoms with van der Waals surface area (Å²) in [6.45, 7) is 3.96. The molecule has 2 rings (SSSR count). The Bertz CT molecular complexity index is 314. The Morgan fingerprint density at radius 1 is 1.58 bits per heavy atom. The molecule has 0 aromatic carbocycles. The first-order valence-corrected chi connectivity index (χ1v) is 5.25. The number of hydrogen-bond donors (Lipinski definition) is 1. The van der Waals surface area contributed by atoms with Crippen LogP contribution in [-0.2, 0) is 12.8 Å². The molecule has 0 aliphatic heterocycles. The van der Waals surface area contributed by atoms with Crippen LogP contribution >= 0.6 is 15.9 Å². The molecule has 0 atom stereocenters. The Morgan fingerprint density at radius 2 is 2.42 bits per heavy atom. The van der Waals surface area contributed by atoms with Crippen molar-refractivity contribution < 1.29 is 0 Å². The molecular formula is C9H11BrN2. The Hall–Kier alpha value is -0.570. The lowest BCUT2D eigenvalue weighted by Gasteiger charge is -1.97. The van der Waals surface area contributed by atoms with Gasteiger partial charge >= 0.3 is 0 Å². The highest BCUT2D eigenvalue weighted by Gasteiger charge is 2.18. The number of halogens is 1. The Kier molecular flexibility index (Phi) is 2.05. The quantitative estimate of drug-likeness (QED) is 0.771. The van der Waals surface area contributed by atoms with Gasteiger partial charge in [-0.1, -0.05) is 22.5 Å². The first-order chi connectivity index (χ1) is 5.83. The number of nitrogens with zero attached hydrogens (tertiary/aromatic N) is 1. The molecule has 1 N–H and O–H groups in total. The van der Waals surface area contributed by atoms with Gasteiger partial charge in [0.25, 0.3) is 0 Å². The van der Waals surface area contributed by atoms with Crippen molar-refractivity contribution in [2.24, 2.45) is 0 Å². The van der Waals surface area contributed by atoms with Crippen LogP contribution in [0.25, 0.3) is 5.57 Å². The fourth-order valence-corrected chi connectivity index (χ4v) is 1.94. The molecule has 12 heavy (non-hydrogen) atoms. The lowest BCUT2D eigenvalue weighted by Crippen LogP contribution is -1.89. The van der Waals surface area contributed by atoms with Gasteiger partial charge in [-0.3, -0.25) is 5.10 Å². The fourth-order valence-electron chi connectivity index (χ4n) is 1.68. The number of nitrogens with one attached hydrogen (secondary N) is 1. The van der Waals surface area contributed by atoms with Crippen molar-refractivity contribution >= 4 is 21.5 Å². The molecule has 1 aromatic rings. The summed E-state index contributed by atoms with van der Waals surface area (Å²) in [5, 5.41) is 8.13. The third-order valence-corrected chi connectivity index (χ3v) is 2.98. The minimum absolute atomic E-state index is 0.810. The van der Waals surface area contributed by atoms with Gasteiger partial charge in [-0.05, 0) is 24.8 Å². The zero-order chi connectivity index (χ0) is 8.55. The summed E-state index contributed by atoms with van der Waals surface area (Å²) in [4.78, 5) is 0. The average molecular weight is 227 g/mol. The normalized spacial score (nSPS) is 14.8. The molecular weight excluding hydrogens is 216 g/mol. The second-order valence-corrected chi connectivity index (χ2v) is 3.68. The Balaban J connectivity index is 2.39. The highest BCUT2D eigenvalue weighted by atomic mass is 79.9. The summed E-state index contributed by atoms with van der Waals surface area (Å²) in [6, 6.07) is 0. The summed E-state index contributed by atoms with van der Waals surface area (Å²) in [5.74, 6) is 0. The highest BCUT2D eigenvalue weighted by molar-refractivity contribution is 9.09. The number of rotatable bonds is 2. The van der Waals surface area contributed by atoms with Gasteiger partial charge in [0.15, 0.2) is 0 Å². The molecule has 1 aliphatic rings. The number of hydrogen-bond acceptors (Lipinski definition) is 1. The molecule has 0 saturated heterocycles. The molecule has 0 bridgehead atoms. The van der Waals surface area contributed by atoms with Gasteiger partial charge in [0.05, 0.1) is 5.69 Å². The van der Waals surface area contributed by atoms with Gasteiger partial charge in [-0.2, -0.15) is 5.10 Å². The Morgan fingerprint density at radius 3 is 3.17 bits per heavy atom. The smallest absolute Gasteiger partial charge is 0.0917 e. The summed E-state index contributed by atoms with van der Waals surface area (Å²) >= 11 is 3.39. The van der Waals surface area contributed by atoms with E-state index < -0.39 is 0 Å². The zero-order valence-corrected chi connectivity index (χ0v) is 8.45. The lowest BCUT2D eigenvalue weighted by molar-refractivity contribution is 0.860. The molecule has 0 spiro atoms. The van der Waals surface area contributed by atoms with Crippen LogP contribution in [0.15, 0.2) is 6.58 Å². The largest absolute Gasteiger partial charge is 0.282 e. The van der Waals surface area contributed by atoms with E-state index >= 15 is 0 Å². The molecule has 1 heterocycles. The van der Waals surface area contributed by atoms with Crippen molar-refractivity contribution in [1.29, 1.82) is 0 Å². The molecule has 0 fully saturated rings. The van der Waals surface area contributed by atoms with E-state index in [9.17, 15) is 0 Å². The lowest BCUT2D eigenvalue weighted by atomic mass is 10.1. The van der Waals surface area contributed by atoms with Crippen LogP contribution in [-0.4, -0.2) is 15.5 Å². The minimum atomic E-state index is 0.810. The third kappa shape index (κ3) is 1.12. The number of H-pyrrole nitrogens is 1. The van der Waals surface area contributed by atoms with Gasteiger partial charge in [0, 0.05) is 16.6 Å². The maximum Gasteiger partial charge on any atom is 0.0917 e. The van der Waals surface area contributed by atoms with E-state index in [4.69, 9.17) is 0 Å². The number of fused-ring (bicyclic) bond motifs is 1. The van der Waals surface area contributed by atoms with Gasteiger partial charge in [-0.25, -0.2) is 0 Å². The topological polar surface area (TPSA) is 28.7 Å². The molecule has 0 unspecified atom stereocenters. The molecule has 1 aromatic heterocycles. The van der Waals surface area contributed by atoms with Crippen LogP contribution in [0, 0.1) is 0 Å².